The summed E-state index contributed by atoms with van der Waals surface area (Å²) >= 11 is 1.30. The van der Waals surface area contributed by atoms with Crippen molar-refractivity contribution in [3.8, 4) is 5.75 Å². The van der Waals surface area contributed by atoms with E-state index in [1.54, 1.807) is 36.3 Å². The van der Waals surface area contributed by atoms with Gasteiger partial charge in [-0.1, -0.05) is 0 Å². The molecule has 1 rings (SSSR count). The number of rotatable bonds is 9. The number of carbonyl (C=O) groups excluding carboxylic acids is 1. The van der Waals surface area contributed by atoms with Gasteiger partial charge in [0.15, 0.2) is 0 Å². The molecule has 0 saturated carbocycles. The maximum absolute atomic E-state index is 11.9. The molecule has 1 atom stereocenters. The number of ether oxygens (including phenoxy) is 1. The number of hydrogen-bond acceptors (Lipinski definition) is 5. The molecule has 0 saturated heterocycles. The molecule has 1 amide bonds. The minimum Gasteiger partial charge on any atom is -0.497 e. The molecule has 0 bridgehead atoms. The number of nitro groups is 1. The van der Waals surface area contributed by atoms with Crippen LogP contribution in [0.25, 0.3) is 0 Å². The minimum atomic E-state index is -0.819. The molecule has 6 nitrogen and oxygen atoms in total. The molecule has 122 valence electrons. The van der Waals surface area contributed by atoms with E-state index in [4.69, 9.17) is 4.74 Å². The van der Waals surface area contributed by atoms with E-state index in [9.17, 15) is 14.9 Å². The van der Waals surface area contributed by atoms with E-state index in [-0.39, 0.29) is 22.3 Å². The van der Waals surface area contributed by atoms with E-state index < -0.39 is 6.04 Å². The first kappa shape index (κ1) is 18.3. The zero-order valence-corrected chi connectivity index (χ0v) is 14.0. The third-order valence-corrected chi connectivity index (χ3v) is 4.37. The summed E-state index contributed by atoms with van der Waals surface area (Å²) in [5.41, 5.74) is 0.619. The van der Waals surface area contributed by atoms with E-state index in [1.165, 1.54) is 11.8 Å². The fraction of sp³-hybridized carbons (Fsp3) is 0.533. The van der Waals surface area contributed by atoms with Crippen molar-refractivity contribution in [2.75, 3.05) is 31.7 Å². The average Bonchev–Trinajstić information content (AvgIpc) is 2.52. The molecule has 0 heterocycles. The second kappa shape index (κ2) is 9.30. The second-order valence-electron chi connectivity index (χ2n) is 4.66. The van der Waals surface area contributed by atoms with Gasteiger partial charge in [0.25, 0.3) is 0 Å². The first-order valence-electron chi connectivity index (χ1n) is 7.16. The molecule has 22 heavy (non-hydrogen) atoms. The maximum atomic E-state index is 11.9. The van der Waals surface area contributed by atoms with Crippen LogP contribution >= 0.6 is 11.8 Å². The fourth-order valence-electron chi connectivity index (χ4n) is 2.03. The molecule has 1 aromatic rings. The van der Waals surface area contributed by atoms with Gasteiger partial charge in [0.1, 0.15) is 5.75 Å². The summed E-state index contributed by atoms with van der Waals surface area (Å²) in [4.78, 5) is 24.6. The molecule has 0 fully saturated rings. The molecule has 0 spiro atoms. The van der Waals surface area contributed by atoms with Crippen molar-refractivity contribution in [1.82, 2.24) is 4.90 Å². The number of amides is 1. The van der Waals surface area contributed by atoms with Gasteiger partial charge >= 0.3 is 0 Å². The largest absolute Gasteiger partial charge is 0.497 e. The first-order chi connectivity index (χ1) is 10.5. The Morgan fingerprint density at radius 1 is 1.32 bits per heavy atom. The van der Waals surface area contributed by atoms with Gasteiger partial charge in [-0.2, -0.15) is 0 Å². The number of benzene rings is 1. The lowest BCUT2D eigenvalue weighted by Gasteiger charge is -2.18. The van der Waals surface area contributed by atoms with Crippen LogP contribution in [0.1, 0.15) is 25.5 Å². The Bertz CT molecular complexity index is 489. The van der Waals surface area contributed by atoms with E-state index in [1.807, 2.05) is 13.8 Å². The van der Waals surface area contributed by atoms with E-state index in [2.05, 4.69) is 0 Å². The van der Waals surface area contributed by atoms with Crippen molar-refractivity contribution in [3.05, 3.63) is 39.9 Å². The number of hydrogen-bond donors (Lipinski definition) is 0. The summed E-state index contributed by atoms with van der Waals surface area (Å²) in [5, 5.41) is 11.2. The van der Waals surface area contributed by atoms with Crippen LogP contribution in [0, 0.1) is 10.1 Å². The van der Waals surface area contributed by atoms with Crippen molar-refractivity contribution < 1.29 is 14.5 Å². The van der Waals surface area contributed by atoms with Crippen LogP contribution in [0.2, 0.25) is 0 Å². The summed E-state index contributed by atoms with van der Waals surface area (Å²) in [6, 6.07) is 5.98. The van der Waals surface area contributed by atoms with Crippen LogP contribution in [0.5, 0.6) is 5.75 Å². The highest BCUT2D eigenvalue weighted by atomic mass is 32.2. The lowest BCUT2D eigenvalue weighted by atomic mass is 10.1. The van der Waals surface area contributed by atoms with Gasteiger partial charge < -0.3 is 9.64 Å². The molecule has 0 radical (unpaired) electrons. The summed E-state index contributed by atoms with van der Waals surface area (Å²) in [5.74, 6) is 1.22. The van der Waals surface area contributed by atoms with E-state index in [0.717, 1.165) is 0 Å². The Kier molecular flexibility index (Phi) is 7.73. The first-order valence-corrected chi connectivity index (χ1v) is 8.31. The Morgan fingerprint density at radius 3 is 2.36 bits per heavy atom. The summed E-state index contributed by atoms with van der Waals surface area (Å²) < 4.78 is 5.05. The lowest BCUT2D eigenvalue weighted by molar-refractivity contribution is -0.522. The van der Waals surface area contributed by atoms with Crippen LogP contribution < -0.4 is 4.74 Å². The van der Waals surface area contributed by atoms with Crippen molar-refractivity contribution >= 4 is 17.7 Å². The summed E-state index contributed by atoms with van der Waals surface area (Å²) in [7, 11) is 1.55. The Labute approximate surface area is 135 Å². The minimum absolute atomic E-state index is 0.0202. The number of thioether (sulfide) groups is 1. The Morgan fingerprint density at radius 2 is 1.91 bits per heavy atom. The summed E-state index contributed by atoms with van der Waals surface area (Å²) in [6.45, 7) is 5.16. The normalized spacial score (nSPS) is 11.8. The van der Waals surface area contributed by atoms with Gasteiger partial charge in [-0.25, -0.2) is 0 Å². The van der Waals surface area contributed by atoms with Gasteiger partial charge in [-0.05, 0) is 38.1 Å². The smallest absolute Gasteiger partial charge is 0.247 e. The van der Waals surface area contributed by atoms with Crippen molar-refractivity contribution in [2.45, 2.75) is 19.9 Å². The quantitative estimate of drug-likeness (QED) is 0.515. The van der Waals surface area contributed by atoms with Crippen LogP contribution in [0.15, 0.2) is 24.3 Å². The average molecular weight is 326 g/mol. The molecule has 1 unspecified atom stereocenters. The van der Waals surface area contributed by atoms with Gasteiger partial charge in [-0.15, -0.1) is 11.8 Å². The van der Waals surface area contributed by atoms with Crippen molar-refractivity contribution in [3.63, 3.8) is 0 Å². The molecule has 7 heteroatoms. The van der Waals surface area contributed by atoms with E-state index >= 15 is 0 Å². The maximum Gasteiger partial charge on any atom is 0.247 e. The number of methoxy groups -OCH3 is 1. The Hall–Kier alpha value is -1.76. The molecular formula is C15H22N2O4S. The second-order valence-corrected chi connectivity index (χ2v) is 5.69. The topological polar surface area (TPSA) is 72.7 Å². The highest BCUT2D eigenvalue weighted by Gasteiger charge is 2.23. The summed E-state index contributed by atoms with van der Waals surface area (Å²) in [6.07, 6.45) is 0. The highest BCUT2D eigenvalue weighted by molar-refractivity contribution is 7.99. The molecule has 0 aliphatic rings. The van der Waals surface area contributed by atoms with Gasteiger partial charge in [0.05, 0.1) is 18.6 Å². The third kappa shape index (κ3) is 5.22. The van der Waals surface area contributed by atoms with Crippen LogP contribution in [0.3, 0.4) is 0 Å². The van der Waals surface area contributed by atoms with Crippen molar-refractivity contribution in [1.29, 1.82) is 0 Å². The van der Waals surface area contributed by atoms with Gasteiger partial charge in [0, 0.05) is 23.6 Å². The molecule has 0 N–H and O–H groups in total. The molecule has 0 aromatic heterocycles. The number of carbonyl (C=O) groups is 1. The van der Waals surface area contributed by atoms with E-state index in [0.29, 0.717) is 24.4 Å². The highest BCUT2D eigenvalue weighted by Crippen LogP contribution is 2.24. The molecular weight excluding hydrogens is 304 g/mol. The SMILES string of the molecule is CCN(CC)C(=O)CSCC(c1ccc(OC)cc1)[N+](=O)[O-]. The zero-order chi connectivity index (χ0) is 16.5. The standard InChI is InChI=1S/C15H22N2O4S/c1-4-16(5-2)15(18)11-22-10-14(17(19)20)12-6-8-13(21-3)9-7-12/h6-9,14H,4-5,10-11H2,1-3H3. The predicted octanol–water partition coefficient (Wildman–Crippen LogP) is 2.61. The molecule has 0 aliphatic heterocycles. The van der Waals surface area contributed by atoms with Gasteiger partial charge in [0.2, 0.25) is 11.9 Å². The van der Waals surface area contributed by atoms with Crippen LogP contribution in [-0.4, -0.2) is 47.4 Å². The van der Waals surface area contributed by atoms with Crippen LogP contribution in [-0.2, 0) is 4.79 Å². The monoisotopic (exact) mass is 326 g/mol. The predicted molar refractivity (Wildman–Crippen MR) is 88.0 cm³/mol. The van der Waals surface area contributed by atoms with Crippen LogP contribution in [0.4, 0.5) is 0 Å². The van der Waals surface area contributed by atoms with Gasteiger partial charge in [-0.3, -0.25) is 14.9 Å². The fourth-order valence-corrected chi connectivity index (χ4v) is 3.04. The molecule has 0 aliphatic carbocycles. The lowest BCUT2D eigenvalue weighted by Crippen LogP contribution is -2.32. The third-order valence-electron chi connectivity index (χ3n) is 3.37. The number of nitrogens with zero attached hydrogens (tertiary/aromatic N) is 2. The molecule has 1 aromatic carbocycles. The van der Waals surface area contributed by atoms with Crippen molar-refractivity contribution in [2.24, 2.45) is 0 Å². The zero-order valence-electron chi connectivity index (χ0n) is 13.2. The Balaban J connectivity index is 2.61.